The van der Waals surface area contributed by atoms with E-state index in [9.17, 15) is 9.59 Å². The van der Waals surface area contributed by atoms with Gasteiger partial charge in [-0.3, -0.25) is 9.59 Å². The number of nitrogens with two attached hydrogens (primary N) is 1. The molecule has 0 radical (unpaired) electrons. The molecule has 1 atom stereocenters. The van der Waals surface area contributed by atoms with Crippen molar-refractivity contribution in [3.63, 3.8) is 0 Å². The van der Waals surface area contributed by atoms with E-state index in [1.165, 1.54) is 0 Å². The first kappa shape index (κ1) is 17.2. The van der Waals surface area contributed by atoms with Crippen LogP contribution in [0.3, 0.4) is 0 Å². The molecule has 0 fully saturated rings. The van der Waals surface area contributed by atoms with Crippen molar-refractivity contribution < 1.29 is 9.59 Å². The summed E-state index contributed by atoms with van der Waals surface area (Å²) >= 11 is 0. The molecule has 0 aliphatic heterocycles. The highest BCUT2D eigenvalue weighted by Crippen LogP contribution is 2.19. The Balaban J connectivity index is 2.58. The number of nitrogens with one attached hydrogen (secondary N) is 2. The lowest BCUT2D eigenvalue weighted by Gasteiger charge is -2.25. The molecule has 1 aromatic rings. The van der Waals surface area contributed by atoms with Gasteiger partial charge in [-0.1, -0.05) is 39.0 Å². The molecule has 0 bridgehead atoms. The lowest BCUT2D eigenvalue weighted by atomic mass is 9.87. The Hall–Kier alpha value is -1.88. The van der Waals surface area contributed by atoms with Crippen molar-refractivity contribution in [1.82, 2.24) is 5.32 Å². The molecule has 1 aromatic carbocycles. The zero-order valence-electron chi connectivity index (χ0n) is 13.4. The second-order valence-electron chi connectivity index (χ2n) is 6.38. The van der Waals surface area contributed by atoms with E-state index in [0.717, 1.165) is 16.8 Å². The number of aryl methyl sites for hydroxylation is 2. The summed E-state index contributed by atoms with van der Waals surface area (Å²) in [5.74, 6) is -0.582. The topological polar surface area (TPSA) is 84.2 Å². The van der Waals surface area contributed by atoms with Gasteiger partial charge in [0.1, 0.15) is 0 Å². The molecule has 1 rings (SSSR count). The van der Waals surface area contributed by atoms with Crippen molar-refractivity contribution in [2.75, 3.05) is 11.9 Å². The number of anilines is 1. The third-order valence-corrected chi connectivity index (χ3v) is 3.38. The van der Waals surface area contributed by atoms with Gasteiger partial charge in [0, 0.05) is 5.69 Å². The molecule has 4 N–H and O–H groups in total. The summed E-state index contributed by atoms with van der Waals surface area (Å²) in [5.41, 5.74) is 8.26. The number of hydrogen-bond acceptors (Lipinski definition) is 3. The molecule has 0 unspecified atom stereocenters. The fourth-order valence-corrected chi connectivity index (χ4v) is 1.87. The highest BCUT2D eigenvalue weighted by molar-refractivity contribution is 5.96. The molecule has 116 valence electrons. The maximum atomic E-state index is 11.9. The minimum absolute atomic E-state index is 0.0869. The number of carbonyl (C=O) groups excluding carboxylic acids is 2. The van der Waals surface area contributed by atoms with Crippen LogP contribution >= 0.6 is 0 Å². The van der Waals surface area contributed by atoms with E-state index in [2.05, 4.69) is 10.6 Å². The van der Waals surface area contributed by atoms with E-state index in [4.69, 9.17) is 5.73 Å². The molecule has 0 spiro atoms. The fourth-order valence-electron chi connectivity index (χ4n) is 1.87. The van der Waals surface area contributed by atoms with Crippen LogP contribution in [-0.2, 0) is 9.59 Å². The van der Waals surface area contributed by atoms with E-state index in [-0.39, 0.29) is 23.8 Å². The second-order valence-corrected chi connectivity index (χ2v) is 6.38. The first-order valence-corrected chi connectivity index (χ1v) is 7.02. The Bertz CT molecular complexity index is 513. The first-order valence-electron chi connectivity index (χ1n) is 7.02. The summed E-state index contributed by atoms with van der Waals surface area (Å²) in [7, 11) is 0. The summed E-state index contributed by atoms with van der Waals surface area (Å²) in [5, 5.41) is 5.39. The summed E-state index contributed by atoms with van der Waals surface area (Å²) in [6, 6.07) is 5.14. The van der Waals surface area contributed by atoms with Gasteiger partial charge >= 0.3 is 0 Å². The molecule has 5 heteroatoms. The van der Waals surface area contributed by atoms with Gasteiger partial charge in [0.25, 0.3) is 0 Å². The maximum Gasteiger partial charge on any atom is 0.243 e. The molecule has 0 saturated heterocycles. The van der Waals surface area contributed by atoms with Gasteiger partial charge in [-0.05, 0) is 30.4 Å². The van der Waals surface area contributed by atoms with Crippen LogP contribution in [0.15, 0.2) is 18.2 Å². The fraction of sp³-hybridized carbons (Fsp3) is 0.500. The van der Waals surface area contributed by atoms with Gasteiger partial charge in [-0.15, -0.1) is 0 Å². The Labute approximate surface area is 126 Å². The molecule has 0 heterocycles. The molecule has 21 heavy (non-hydrogen) atoms. The number of para-hydroxylation sites is 1. The second kappa shape index (κ2) is 6.72. The van der Waals surface area contributed by atoms with E-state index in [1.807, 2.05) is 52.8 Å². The third kappa shape index (κ3) is 4.86. The number of amides is 2. The van der Waals surface area contributed by atoms with Gasteiger partial charge < -0.3 is 16.4 Å². The average molecular weight is 291 g/mol. The third-order valence-electron chi connectivity index (χ3n) is 3.38. The summed E-state index contributed by atoms with van der Waals surface area (Å²) in [6.07, 6.45) is 0. The van der Waals surface area contributed by atoms with Crippen molar-refractivity contribution in [2.45, 2.75) is 40.7 Å². The van der Waals surface area contributed by atoms with Gasteiger partial charge in [-0.25, -0.2) is 0 Å². The maximum absolute atomic E-state index is 11.9. The van der Waals surface area contributed by atoms with Crippen molar-refractivity contribution in [1.29, 1.82) is 0 Å². The van der Waals surface area contributed by atoms with E-state index in [0.29, 0.717) is 0 Å². The standard InChI is InChI=1S/C16H25N3O2/c1-10-7-6-8-11(2)13(10)19-12(20)9-18-15(21)14(17)16(3,4)5/h6-8,14H,9,17H2,1-5H3,(H,18,21)(H,19,20)/t14-/m1/s1. The van der Waals surface area contributed by atoms with Crippen molar-refractivity contribution >= 4 is 17.5 Å². The number of carbonyl (C=O) groups is 2. The predicted octanol–water partition coefficient (Wildman–Crippen LogP) is 1.73. The molecule has 2 amide bonds. The van der Waals surface area contributed by atoms with Crippen LogP contribution < -0.4 is 16.4 Å². The molecular weight excluding hydrogens is 266 g/mol. The molecule has 0 aromatic heterocycles. The monoisotopic (exact) mass is 291 g/mol. The quantitative estimate of drug-likeness (QED) is 0.790. The van der Waals surface area contributed by atoms with E-state index < -0.39 is 6.04 Å². The summed E-state index contributed by atoms with van der Waals surface area (Å²) in [6.45, 7) is 9.42. The molecule has 0 aliphatic rings. The lowest BCUT2D eigenvalue weighted by molar-refractivity contribution is -0.126. The predicted molar refractivity (Wildman–Crippen MR) is 85.0 cm³/mol. The van der Waals surface area contributed by atoms with Gasteiger partial charge in [-0.2, -0.15) is 0 Å². The highest BCUT2D eigenvalue weighted by atomic mass is 16.2. The smallest absolute Gasteiger partial charge is 0.243 e. The molecule has 5 nitrogen and oxygen atoms in total. The number of benzene rings is 1. The SMILES string of the molecule is Cc1cccc(C)c1NC(=O)CNC(=O)[C@@H](N)C(C)(C)C. The molecule has 0 saturated carbocycles. The van der Waals surface area contributed by atoms with E-state index >= 15 is 0 Å². The first-order chi connectivity index (χ1) is 9.62. The lowest BCUT2D eigenvalue weighted by Crippen LogP contribution is -2.50. The highest BCUT2D eigenvalue weighted by Gasteiger charge is 2.27. The number of hydrogen-bond donors (Lipinski definition) is 3. The van der Waals surface area contributed by atoms with Crippen LogP contribution in [-0.4, -0.2) is 24.4 Å². The van der Waals surface area contributed by atoms with Crippen LogP contribution in [0.1, 0.15) is 31.9 Å². The van der Waals surface area contributed by atoms with Crippen LogP contribution in [0, 0.1) is 19.3 Å². The van der Waals surface area contributed by atoms with Crippen LogP contribution in [0.25, 0.3) is 0 Å². The largest absolute Gasteiger partial charge is 0.346 e. The van der Waals surface area contributed by atoms with Crippen molar-refractivity contribution in [2.24, 2.45) is 11.1 Å². The van der Waals surface area contributed by atoms with Crippen LogP contribution in [0.2, 0.25) is 0 Å². The average Bonchev–Trinajstić information content (AvgIpc) is 2.38. The Morgan fingerprint density at radius 3 is 2.19 bits per heavy atom. The van der Waals surface area contributed by atoms with Crippen LogP contribution in [0.4, 0.5) is 5.69 Å². The van der Waals surface area contributed by atoms with E-state index in [1.54, 1.807) is 0 Å². The summed E-state index contributed by atoms with van der Waals surface area (Å²) in [4.78, 5) is 23.8. The minimum Gasteiger partial charge on any atom is -0.346 e. The van der Waals surface area contributed by atoms with Gasteiger partial charge in [0.15, 0.2) is 0 Å². The summed E-state index contributed by atoms with van der Waals surface area (Å²) < 4.78 is 0. The molecule has 0 aliphatic carbocycles. The van der Waals surface area contributed by atoms with Crippen molar-refractivity contribution in [3.8, 4) is 0 Å². The van der Waals surface area contributed by atoms with Crippen LogP contribution in [0.5, 0.6) is 0 Å². The van der Waals surface area contributed by atoms with Gasteiger partial charge in [0.05, 0.1) is 12.6 Å². The van der Waals surface area contributed by atoms with Crippen molar-refractivity contribution in [3.05, 3.63) is 29.3 Å². The minimum atomic E-state index is -0.648. The Kier molecular flexibility index (Phi) is 5.49. The zero-order valence-corrected chi connectivity index (χ0v) is 13.4. The normalized spacial score (nSPS) is 12.7. The zero-order chi connectivity index (χ0) is 16.2. The molecular formula is C16H25N3O2. The van der Waals surface area contributed by atoms with Gasteiger partial charge in [0.2, 0.25) is 11.8 Å². The number of rotatable bonds is 4. The Morgan fingerprint density at radius 2 is 1.71 bits per heavy atom. The Morgan fingerprint density at radius 1 is 1.19 bits per heavy atom.